The van der Waals surface area contributed by atoms with E-state index in [1.807, 2.05) is 13.8 Å². The first-order valence-electron chi connectivity index (χ1n) is 13.7. The summed E-state index contributed by atoms with van der Waals surface area (Å²) >= 11 is 0. The highest BCUT2D eigenvalue weighted by molar-refractivity contribution is 6.61. The summed E-state index contributed by atoms with van der Waals surface area (Å²) < 4.78 is 31.6. The lowest BCUT2D eigenvalue weighted by Gasteiger charge is -2.61. The maximum absolute atomic E-state index is 14.9. The van der Waals surface area contributed by atoms with Crippen LogP contribution in [-0.2, 0) is 25.6 Å². The highest BCUT2D eigenvalue weighted by Gasteiger charge is 2.68. The number of ether oxygens (including phenoxy) is 2. The predicted molar refractivity (Wildman–Crippen MR) is 139 cm³/mol. The van der Waals surface area contributed by atoms with Crippen LogP contribution in [0.25, 0.3) is 0 Å². The molecule has 1 aromatic carbocycles. The van der Waals surface area contributed by atoms with Gasteiger partial charge in [0.2, 0.25) is 0 Å². The van der Waals surface area contributed by atoms with Gasteiger partial charge >= 0.3 is 13.1 Å². The van der Waals surface area contributed by atoms with Crippen molar-refractivity contribution >= 4 is 30.5 Å². The number of ketones is 1. The van der Waals surface area contributed by atoms with Crippen molar-refractivity contribution in [1.29, 1.82) is 0 Å². The number of nitrogens with zero attached hydrogens (tertiary/aromatic N) is 1. The molecular formula is C28H37BFNO8. The van der Waals surface area contributed by atoms with Crippen molar-refractivity contribution in [1.82, 2.24) is 0 Å². The molecule has 0 radical (unpaired) electrons. The number of oxime groups is 1. The first-order valence-corrected chi connectivity index (χ1v) is 13.7. The van der Waals surface area contributed by atoms with E-state index in [-0.39, 0.29) is 41.9 Å². The lowest BCUT2D eigenvalue weighted by atomic mass is 9.44. The van der Waals surface area contributed by atoms with E-state index in [9.17, 15) is 29.3 Å². The van der Waals surface area contributed by atoms with Crippen LogP contribution in [0.2, 0.25) is 0 Å². The highest BCUT2D eigenvalue weighted by Crippen LogP contribution is 2.67. The van der Waals surface area contributed by atoms with Gasteiger partial charge in [-0.2, -0.15) is 0 Å². The van der Waals surface area contributed by atoms with Crippen LogP contribution in [0, 0.1) is 39.8 Å². The highest BCUT2D eigenvalue weighted by atomic mass is 19.1. The summed E-state index contributed by atoms with van der Waals surface area (Å²) in [6, 6.07) is 2.95. The van der Waals surface area contributed by atoms with Crippen molar-refractivity contribution in [2.75, 3.05) is 6.61 Å². The van der Waals surface area contributed by atoms with Gasteiger partial charge in [0.25, 0.3) is 0 Å². The number of benzene rings is 1. The van der Waals surface area contributed by atoms with Crippen molar-refractivity contribution in [3.63, 3.8) is 0 Å². The molecule has 0 amide bonds. The van der Waals surface area contributed by atoms with Crippen molar-refractivity contribution in [2.24, 2.45) is 39.2 Å². The third-order valence-electron chi connectivity index (χ3n) is 10.7. The van der Waals surface area contributed by atoms with E-state index in [4.69, 9.17) is 14.1 Å². The van der Waals surface area contributed by atoms with Crippen LogP contribution >= 0.6 is 0 Å². The summed E-state index contributed by atoms with van der Waals surface area (Å²) in [5, 5.41) is 34.3. The summed E-state index contributed by atoms with van der Waals surface area (Å²) in [6.07, 6.45) is 2.35. The fraction of sp³-hybridized carbons (Fsp3) is 0.679. The van der Waals surface area contributed by atoms with Gasteiger partial charge in [-0.3, -0.25) is 4.79 Å². The molecule has 3 aliphatic carbocycles. The van der Waals surface area contributed by atoms with Gasteiger partial charge in [-0.15, -0.1) is 5.16 Å². The van der Waals surface area contributed by atoms with Gasteiger partial charge in [-0.1, -0.05) is 33.8 Å². The van der Waals surface area contributed by atoms with Gasteiger partial charge < -0.3 is 29.5 Å². The molecule has 0 spiro atoms. The molecule has 9 nitrogen and oxygen atoms in total. The van der Waals surface area contributed by atoms with E-state index in [2.05, 4.69) is 12.1 Å². The van der Waals surface area contributed by atoms with Gasteiger partial charge in [-0.25, -0.2) is 9.18 Å². The molecular weight excluding hydrogens is 508 g/mol. The molecule has 5 rings (SSSR count). The Morgan fingerprint density at radius 2 is 2.05 bits per heavy atom. The minimum Gasteiger partial charge on any atom is -0.479 e. The number of carbonyl (C=O) groups excluding carboxylic acids is 2. The lowest BCUT2D eigenvalue weighted by molar-refractivity contribution is -0.205. The van der Waals surface area contributed by atoms with Crippen LogP contribution in [-0.4, -0.2) is 59.2 Å². The smallest absolute Gasteiger partial charge is 0.479 e. The van der Waals surface area contributed by atoms with Crippen LogP contribution in [0.4, 0.5) is 4.39 Å². The number of aliphatic hydroxyl groups is 1. The standard InChI is InChI=1S/C28H37BFNO8/c1-15-7-9-28-10-8-18(32)24(28)27(15,4)20(11-26(3,14-31-36)25(34)16(28)2)39-21(33)13-37-19-6-5-17-12-38-29(35)22(17)23(19)30/h5-6,14-16,20,24-25,34-36H,7-13H2,1-4H3/b31-14+/t15-,16+,20-,24+,25+,26+,27+,28+/m1/s1. The Kier molecular flexibility index (Phi) is 7.09. The number of halogens is 1. The molecule has 0 saturated heterocycles. The van der Waals surface area contributed by atoms with Crippen molar-refractivity contribution in [3.8, 4) is 5.75 Å². The van der Waals surface area contributed by atoms with Gasteiger partial charge in [-0.05, 0) is 54.6 Å². The number of Topliss-reactive ketones (excluding diaryl/α,β-unsaturated/α-hetero) is 1. The summed E-state index contributed by atoms with van der Waals surface area (Å²) in [5.41, 5.74) is -1.74. The number of carbonyl (C=O) groups is 2. The van der Waals surface area contributed by atoms with Crippen molar-refractivity contribution in [2.45, 2.75) is 78.6 Å². The zero-order valence-corrected chi connectivity index (χ0v) is 22.9. The third-order valence-corrected chi connectivity index (χ3v) is 10.7. The number of esters is 1. The summed E-state index contributed by atoms with van der Waals surface area (Å²) in [5.74, 6) is -2.25. The Morgan fingerprint density at radius 1 is 1.31 bits per heavy atom. The maximum Gasteiger partial charge on any atom is 0.494 e. The number of rotatable bonds is 5. The van der Waals surface area contributed by atoms with E-state index in [1.54, 1.807) is 13.0 Å². The molecule has 2 bridgehead atoms. The van der Waals surface area contributed by atoms with E-state index >= 15 is 0 Å². The second-order valence-corrected chi connectivity index (χ2v) is 12.5. The Labute approximate surface area is 227 Å². The predicted octanol–water partition coefficient (Wildman–Crippen LogP) is 2.60. The molecule has 11 heteroatoms. The van der Waals surface area contributed by atoms with Gasteiger partial charge in [0.1, 0.15) is 11.9 Å². The SMILES string of the molecule is C[C@@H]1CC[C@@]23CCC(=O)[C@H]2[C@]1(C)[C@H](OC(=O)COc1ccc2c(c1F)B(O)OC2)C[C@@](C)(/C=N/O)[C@@H](O)[C@@H]3C. The molecule has 0 aromatic heterocycles. The lowest BCUT2D eigenvalue weighted by Crippen LogP contribution is -2.63. The number of hydrogen-bond acceptors (Lipinski definition) is 9. The molecule has 39 heavy (non-hydrogen) atoms. The van der Waals surface area contributed by atoms with Gasteiger partial charge in [0, 0.05) is 28.6 Å². The quantitative estimate of drug-likeness (QED) is 0.169. The zero-order chi connectivity index (χ0) is 28.3. The summed E-state index contributed by atoms with van der Waals surface area (Å²) in [6.45, 7) is 7.30. The second kappa shape index (κ2) is 9.85. The van der Waals surface area contributed by atoms with E-state index in [1.165, 1.54) is 12.3 Å². The summed E-state index contributed by atoms with van der Waals surface area (Å²) in [4.78, 5) is 26.7. The number of hydrogen-bond donors (Lipinski definition) is 3. The van der Waals surface area contributed by atoms with E-state index in [0.29, 0.717) is 18.4 Å². The second-order valence-electron chi connectivity index (χ2n) is 12.5. The van der Waals surface area contributed by atoms with Gasteiger partial charge in [0.05, 0.1) is 18.9 Å². The average molecular weight is 545 g/mol. The monoisotopic (exact) mass is 545 g/mol. The fourth-order valence-electron chi connectivity index (χ4n) is 8.26. The van der Waals surface area contributed by atoms with Crippen LogP contribution in [0.15, 0.2) is 17.3 Å². The molecule has 1 aromatic rings. The van der Waals surface area contributed by atoms with Crippen LogP contribution in [0.1, 0.15) is 65.4 Å². The molecule has 0 unspecified atom stereocenters. The largest absolute Gasteiger partial charge is 0.494 e. The average Bonchev–Trinajstić information content (AvgIpc) is 3.45. The number of fused-ring (bicyclic) bond motifs is 1. The number of aliphatic hydroxyl groups excluding tert-OH is 1. The molecule has 1 heterocycles. The molecule has 4 aliphatic rings. The molecule has 3 fully saturated rings. The minimum atomic E-state index is -1.40. The maximum atomic E-state index is 14.9. The van der Waals surface area contributed by atoms with Crippen molar-refractivity contribution in [3.05, 3.63) is 23.5 Å². The van der Waals surface area contributed by atoms with Crippen molar-refractivity contribution < 1.29 is 43.4 Å². The first kappa shape index (κ1) is 28.0. The Balaban J connectivity index is 1.46. The minimum absolute atomic E-state index is 0.0114. The fourth-order valence-corrected chi connectivity index (χ4v) is 8.26. The Morgan fingerprint density at radius 3 is 2.77 bits per heavy atom. The molecule has 3 saturated carbocycles. The summed E-state index contributed by atoms with van der Waals surface area (Å²) in [7, 11) is -1.40. The molecule has 8 atom stereocenters. The van der Waals surface area contributed by atoms with Crippen LogP contribution in [0.3, 0.4) is 0 Å². The molecule has 1 aliphatic heterocycles. The molecule has 212 valence electrons. The topological polar surface area (TPSA) is 135 Å². The zero-order valence-electron chi connectivity index (χ0n) is 22.9. The van der Waals surface area contributed by atoms with E-state index in [0.717, 1.165) is 12.8 Å². The van der Waals surface area contributed by atoms with Gasteiger partial charge in [0.15, 0.2) is 18.2 Å². The Bertz CT molecular complexity index is 1200. The first-order chi connectivity index (χ1) is 18.4. The van der Waals surface area contributed by atoms with Crippen LogP contribution in [0.5, 0.6) is 5.75 Å². The normalized spacial score (nSPS) is 39.7. The third kappa shape index (κ3) is 4.19. The van der Waals surface area contributed by atoms with Crippen LogP contribution < -0.4 is 10.2 Å². The van der Waals surface area contributed by atoms with E-state index < -0.39 is 59.9 Å². The Hall–Kier alpha value is -2.50. The molecule has 3 N–H and O–H groups in total.